The summed E-state index contributed by atoms with van der Waals surface area (Å²) >= 11 is 0. The zero-order valence-electron chi connectivity index (χ0n) is 20.7. The number of quaternary nitrogens is 1. The van der Waals surface area contributed by atoms with Gasteiger partial charge in [0.1, 0.15) is 0 Å². The molecule has 0 unspecified atom stereocenters. The second-order valence-electron chi connectivity index (χ2n) is 8.34. The predicted molar refractivity (Wildman–Crippen MR) is 133 cm³/mol. The first-order chi connectivity index (χ1) is 16.1. The van der Waals surface area contributed by atoms with Crippen LogP contribution in [-0.4, -0.2) is 61.2 Å². The van der Waals surface area contributed by atoms with Gasteiger partial charge in [-0.05, 0) is 49.9 Å². The fraction of sp³-hybridized carbons (Fsp3) is 0.462. The van der Waals surface area contributed by atoms with Gasteiger partial charge in [0.05, 0.1) is 47.1 Å². The summed E-state index contributed by atoms with van der Waals surface area (Å²) < 4.78 is 26.5. The number of carboxylic acids is 2. The van der Waals surface area contributed by atoms with E-state index in [1.807, 2.05) is 0 Å². The van der Waals surface area contributed by atoms with Crippen molar-refractivity contribution in [3.63, 3.8) is 0 Å². The van der Waals surface area contributed by atoms with Gasteiger partial charge in [-0.1, -0.05) is 52.0 Å². The van der Waals surface area contributed by atoms with Gasteiger partial charge in [-0.25, -0.2) is 18.0 Å². The van der Waals surface area contributed by atoms with Gasteiger partial charge in [-0.3, -0.25) is 0 Å². The van der Waals surface area contributed by atoms with Gasteiger partial charge in [0.2, 0.25) is 9.84 Å². The lowest BCUT2D eigenvalue weighted by atomic mass is 10.2. The molecular formula is C26H38NO6S+. The summed E-state index contributed by atoms with van der Waals surface area (Å²) in [5, 5.41) is 18.1. The van der Waals surface area contributed by atoms with Crippen LogP contribution in [0, 0.1) is 0 Å². The maximum atomic E-state index is 12.6. The Morgan fingerprint density at radius 1 is 0.647 bits per heavy atom. The first-order valence-electron chi connectivity index (χ1n) is 11.8. The first-order valence-corrected chi connectivity index (χ1v) is 13.3. The summed E-state index contributed by atoms with van der Waals surface area (Å²) in [6.45, 7) is 14.8. The summed E-state index contributed by atoms with van der Waals surface area (Å²) in [6, 6.07) is 10.1. The number of hydrogen-bond donors (Lipinski definition) is 2. The minimum atomic E-state index is -4.25. The van der Waals surface area contributed by atoms with E-state index in [0.29, 0.717) is 0 Å². The number of nitrogens with zero attached hydrogens (tertiary/aromatic N) is 1. The molecule has 0 aromatic heterocycles. The topological polar surface area (TPSA) is 109 Å². The molecular weight excluding hydrogens is 454 g/mol. The SMILES string of the molecule is CCC[N+](CCC)(CCC)CCC.O=C(O)c1ccccc1S(=O)(=O)c1ccccc1C(=O)O. The van der Waals surface area contributed by atoms with Crippen molar-refractivity contribution in [2.24, 2.45) is 0 Å². The van der Waals surface area contributed by atoms with Gasteiger partial charge in [0.15, 0.2) is 0 Å². The molecule has 0 amide bonds. The van der Waals surface area contributed by atoms with Crippen LogP contribution >= 0.6 is 0 Å². The molecule has 0 fully saturated rings. The second-order valence-corrected chi connectivity index (χ2v) is 10.2. The zero-order chi connectivity index (χ0) is 25.8. The van der Waals surface area contributed by atoms with Crippen molar-refractivity contribution in [3.8, 4) is 0 Å². The summed E-state index contributed by atoms with van der Waals surface area (Å²) in [7, 11) is -4.25. The summed E-state index contributed by atoms with van der Waals surface area (Å²) in [6.07, 6.45) is 5.33. The Morgan fingerprint density at radius 3 is 1.21 bits per heavy atom. The molecule has 0 heterocycles. The monoisotopic (exact) mass is 492 g/mol. The highest BCUT2D eigenvalue weighted by atomic mass is 32.2. The molecule has 7 nitrogen and oxygen atoms in total. The van der Waals surface area contributed by atoms with Crippen LogP contribution in [0.5, 0.6) is 0 Å². The Kier molecular flexibility index (Phi) is 12.0. The molecule has 2 rings (SSSR count). The maximum absolute atomic E-state index is 12.6. The van der Waals surface area contributed by atoms with Crippen molar-refractivity contribution in [1.82, 2.24) is 0 Å². The minimum absolute atomic E-state index is 0.405. The van der Waals surface area contributed by atoms with Gasteiger partial charge in [-0.2, -0.15) is 0 Å². The molecule has 0 aliphatic rings. The average molecular weight is 493 g/mol. The third-order valence-corrected chi connectivity index (χ3v) is 7.48. The lowest BCUT2D eigenvalue weighted by molar-refractivity contribution is -0.928. The van der Waals surface area contributed by atoms with E-state index >= 15 is 0 Å². The normalized spacial score (nSPS) is 11.4. The molecule has 0 spiro atoms. The summed E-state index contributed by atoms with van der Waals surface area (Å²) in [5.41, 5.74) is -0.810. The standard InChI is InChI=1S/C14H10O6S.C12H28N/c15-13(16)9-5-1-3-7-11(9)21(19,20)12-8-4-2-6-10(12)14(17)18;1-5-9-13(10-6-2,11-7-3)12-8-4/h1-8H,(H,15,16)(H,17,18);5-12H2,1-4H3/q;+1. The number of carbonyl (C=O) groups is 2. The molecule has 2 N–H and O–H groups in total. The predicted octanol–water partition coefficient (Wildman–Crippen LogP) is 5.36. The van der Waals surface area contributed by atoms with Gasteiger partial charge in [-0.15, -0.1) is 0 Å². The molecule has 0 saturated carbocycles. The molecule has 188 valence electrons. The van der Waals surface area contributed by atoms with Crippen LogP contribution in [0.4, 0.5) is 0 Å². The Balaban J connectivity index is 0.000000385. The number of carboxylic acid groups (broad SMARTS) is 2. The number of rotatable bonds is 12. The third kappa shape index (κ3) is 7.67. The second kappa shape index (κ2) is 13.9. The first kappa shape index (κ1) is 29.3. The van der Waals surface area contributed by atoms with E-state index in [9.17, 15) is 18.0 Å². The van der Waals surface area contributed by atoms with E-state index in [4.69, 9.17) is 10.2 Å². The van der Waals surface area contributed by atoms with E-state index < -0.39 is 42.7 Å². The number of benzene rings is 2. The summed E-state index contributed by atoms with van der Waals surface area (Å²) in [5.74, 6) is -2.80. The molecule has 34 heavy (non-hydrogen) atoms. The highest BCUT2D eigenvalue weighted by Crippen LogP contribution is 2.26. The molecule has 0 aliphatic carbocycles. The molecule has 0 bridgehead atoms. The lowest BCUT2D eigenvalue weighted by Crippen LogP contribution is -2.50. The highest BCUT2D eigenvalue weighted by molar-refractivity contribution is 7.91. The van der Waals surface area contributed by atoms with Gasteiger partial charge < -0.3 is 14.7 Å². The fourth-order valence-electron chi connectivity index (χ4n) is 4.44. The largest absolute Gasteiger partial charge is 0.478 e. The average Bonchev–Trinajstić information content (AvgIpc) is 2.80. The number of sulfone groups is 1. The van der Waals surface area contributed by atoms with Crippen LogP contribution in [0.25, 0.3) is 0 Å². The van der Waals surface area contributed by atoms with E-state index in [1.54, 1.807) is 0 Å². The van der Waals surface area contributed by atoms with Crippen LogP contribution in [-0.2, 0) is 9.84 Å². The molecule has 0 aliphatic heterocycles. The van der Waals surface area contributed by atoms with Crippen LogP contribution in [0.3, 0.4) is 0 Å². The van der Waals surface area contributed by atoms with E-state index in [-0.39, 0.29) is 0 Å². The molecule has 2 aromatic carbocycles. The summed E-state index contributed by atoms with van der Waals surface area (Å²) in [4.78, 5) is 21.4. The van der Waals surface area contributed by atoms with Crippen molar-refractivity contribution >= 4 is 21.8 Å². The molecule has 0 radical (unpaired) electrons. The van der Waals surface area contributed by atoms with Crippen LogP contribution in [0.1, 0.15) is 74.1 Å². The number of hydrogen-bond acceptors (Lipinski definition) is 4. The quantitative estimate of drug-likeness (QED) is 0.386. The Labute approximate surface area is 203 Å². The van der Waals surface area contributed by atoms with E-state index in [1.165, 1.54) is 80.6 Å². The van der Waals surface area contributed by atoms with E-state index in [2.05, 4.69) is 27.7 Å². The van der Waals surface area contributed by atoms with Gasteiger partial charge >= 0.3 is 11.9 Å². The van der Waals surface area contributed by atoms with Crippen LogP contribution in [0.2, 0.25) is 0 Å². The van der Waals surface area contributed by atoms with Crippen molar-refractivity contribution in [3.05, 3.63) is 59.7 Å². The van der Waals surface area contributed by atoms with Crippen molar-refractivity contribution in [1.29, 1.82) is 0 Å². The Bertz CT molecular complexity index is 956. The van der Waals surface area contributed by atoms with Crippen molar-refractivity contribution < 1.29 is 32.7 Å². The molecule has 0 atom stereocenters. The van der Waals surface area contributed by atoms with Crippen LogP contribution in [0.15, 0.2) is 58.3 Å². The Hall–Kier alpha value is -2.71. The van der Waals surface area contributed by atoms with Gasteiger partial charge in [0, 0.05) is 0 Å². The smallest absolute Gasteiger partial charge is 0.337 e. The highest BCUT2D eigenvalue weighted by Gasteiger charge is 2.28. The molecule has 8 heteroatoms. The number of aromatic carboxylic acids is 2. The van der Waals surface area contributed by atoms with E-state index in [0.717, 1.165) is 24.3 Å². The minimum Gasteiger partial charge on any atom is -0.478 e. The van der Waals surface area contributed by atoms with Gasteiger partial charge in [0.25, 0.3) is 0 Å². The third-order valence-electron chi connectivity index (χ3n) is 5.61. The Morgan fingerprint density at radius 2 is 0.941 bits per heavy atom. The van der Waals surface area contributed by atoms with Crippen LogP contribution < -0.4 is 0 Å². The fourth-order valence-corrected chi connectivity index (χ4v) is 6.08. The zero-order valence-corrected chi connectivity index (χ0v) is 21.5. The maximum Gasteiger partial charge on any atom is 0.337 e. The lowest BCUT2D eigenvalue weighted by Gasteiger charge is -2.38. The molecule has 2 aromatic rings. The van der Waals surface area contributed by atoms with Crippen molar-refractivity contribution in [2.45, 2.75) is 63.2 Å². The van der Waals surface area contributed by atoms with Crippen molar-refractivity contribution in [2.75, 3.05) is 26.2 Å². The molecule has 0 saturated heterocycles.